The van der Waals surface area contributed by atoms with E-state index in [1.54, 1.807) is 0 Å². The van der Waals surface area contributed by atoms with Crippen molar-refractivity contribution in [2.24, 2.45) is 5.92 Å². The van der Waals surface area contributed by atoms with Gasteiger partial charge in [0, 0.05) is 30.2 Å². The Morgan fingerprint density at radius 2 is 2.00 bits per heavy atom. The van der Waals surface area contributed by atoms with E-state index in [-0.39, 0.29) is 0 Å². The van der Waals surface area contributed by atoms with Crippen molar-refractivity contribution in [2.75, 3.05) is 6.54 Å². The molecule has 0 fully saturated rings. The Morgan fingerprint density at radius 3 is 2.74 bits per heavy atom. The monoisotopic (exact) mass is 258 g/mol. The molecule has 2 aromatic rings. The number of aromatic nitrogens is 1. The van der Waals surface area contributed by atoms with Crippen LogP contribution in [0.2, 0.25) is 0 Å². The lowest BCUT2D eigenvalue weighted by Gasteiger charge is -2.12. The van der Waals surface area contributed by atoms with Gasteiger partial charge in [0.25, 0.3) is 0 Å². The van der Waals surface area contributed by atoms with Crippen molar-refractivity contribution in [3.63, 3.8) is 0 Å². The number of fused-ring (bicyclic) bond motifs is 1. The molecule has 2 heteroatoms. The lowest BCUT2D eigenvalue weighted by molar-refractivity contribution is 0.453. The first-order chi connectivity index (χ1) is 9.26. The second kappa shape index (κ2) is 6.76. The van der Waals surface area contributed by atoms with Gasteiger partial charge in [-0.3, -0.25) is 0 Å². The van der Waals surface area contributed by atoms with Gasteiger partial charge in [0.2, 0.25) is 0 Å². The topological polar surface area (TPSA) is 17.0 Å². The summed E-state index contributed by atoms with van der Waals surface area (Å²) in [5.41, 5.74) is 2.79. The summed E-state index contributed by atoms with van der Waals surface area (Å²) in [5, 5.41) is 4.83. The fraction of sp³-hybridized carbons (Fsp3) is 0.529. The van der Waals surface area contributed by atoms with Crippen molar-refractivity contribution in [1.29, 1.82) is 0 Å². The molecule has 0 saturated heterocycles. The maximum absolute atomic E-state index is 3.44. The lowest BCUT2D eigenvalue weighted by atomic mass is 10.1. The van der Waals surface area contributed by atoms with Gasteiger partial charge in [-0.15, -0.1) is 0 Å². The van der Waals surface area contributed by atoms with E-state index in [0.717, 1.165) is 25.6 Å². The van der Waals surface area contributed by atoms with Crippen LogP contribution in [0.3, 0.4) is 0 Å². The predicted molar refractivity (Wildman–Crippen MR) is 83.4 cm³/mol. The molecule has 1 atom stereocenters. The molecule has 1 aromatic heterocycles. The highest BCUT2D eigenvalue weighted by atomic mass is 15.0. The first-order valence-electron chi connectivity index (χ1n) is 7.53. The van der Waals surface area contributed by atoms with Crippen LogP contribution < -0.4 is 5.32 Å². The highest BCUT2D eigenvalue weighted by Crippen LogP contribution is 2.23. The van der Waals surface area contributed by atoms with E-state index in [9.17, 15) is 0 Å². The molecule has 2 nitrogen and oxygen atoms in total. The van der Waals surface area contributed by atoms with E-state index >= 15 is 0 Å². The van der Waals surface area contributed by atoms with Crippen LogP contribution in [0, 0.1) is 5.92 Å². The van der Waals surface area contributed by atoms with Gasteiger partial charge in [-0.25, -0.2) is 0 Å². The Kier molecular flexibility index (Phi) is 5.03. The number of nitrogens with zero attached hydrogens (tertiary/aromatic N) is 1. The molecule has 2 rings (SSSR count). The highest BCUT2D eigenvalue weighted by molar-refractivity contribution is 5.83. The van der Waals surface area contributed by atoms with Gasteiger partial charge >= 0.3 is 0 Å². The van der Waals surface area contributed by atoms with Crippen molar-refractivity contribution < 1.29 is 0 Å². The number of para-hydroxylation sites is 1. The number of benzene rings is 1. The van der Waals surface area contributed by atoms with E-state index in [1.807, 2.05) is 0 Å². The maximum Gasteiger partial charge on any atom is 0.0483 e. The molecule has 0 amide bonds. The van der Waals surface area contributed by atoms with Crippen LogP contribution in [0.25, 0.3) is 10.9 Å². The van der Waals surface area contributed by atoms with Crippen molar-refractivity contribution in [2.45, 2.75) is 46.7 Å². The Hall–Kier alpha value is -1.28. The Balaban J connectivity index is 2.27. The summed E-state index contributed by atoms with van der Waals surface area (Å²) in [6.07, 6.45) is 4.90. The van der Waals surface area contributed by atoms with Crippen LogP contribution >= 0.6 is 0 Å². The largest absolute Gasteiger partial charge is 0.347 e. The fourth-order valence-corrected chi connectivity index (χ4v) is 2.79. The summed E-state index contributed by atoms with van der Waals surface area (Å²) >= 11 is 0. The molecule has 0 radical (unpaired) electrons. The smallest absolute Gasteiger partial charge is 0.0483 e. The summed E-state index contributed by atoms with van der Waals surface area (Å²) in [4.78, 5) is 0. The number of hydrogen-bond acceptors (Lipinski definition) is 1. The molecule has 1 heterocycles. The van der Waals surface area contributed by atoms with Crippen LogP contribution in [-0.4, -0.2) is 11.1 Å². The van der Waals surface area contributed by atoms with Crippen molar-refractivity contribution in [3.8, 4) is 0 Å². The molecule has 0 saturated carbocycles. The molecule has 0 aliphatic heterocycles. The summed E-state index contributed by atoms with van der Waals surface area (Å²) < 4.78 is 2.43. The number of hydrogen-bond donors (Lipinski definition) is 1. The van der Waals surface area contributed by atoms with E-state index in [1.165, 1.54) is 29.3 Å². The third-order valence-corrected chi connectivity index (χ3v) is 3.73. The SMILES string of the molecule is CCCC(C)Cn1cc(CNCC)c2ccccc21. The Labute approximate surface area is 116 Å². The molecular weight excluding hydrogens is 232 g/mol. The zero-order chi connectivity index (χ0) is 13.7. The summed E-state index contributed by atoms with van der Waals surface area (Å²) in [6.45, 7) is 9.88. The summed E-state index contributed by atoms with van der Waals surface area (Å²) in [6, 6.07) is 8.75. The molecule has 104 valence electrons. The molecule has 0 aliphatic rings. The molecule has 1 unspecified atom stereocenters. The highest BCUT2D eigenvalue weighted by Gasteiger charge is 2.09. The Morgan fingerprint density at radius 1 is 1.21 bits per heavy atom. The standard InChI is InChI=1S/C17H26N2/c1-4-8-14(3)12-19-13-15(11-18-5-2)16-9-6-7-10-17(16)19/h6-7,9-10,13-14,18H,4-5,8,11-12H2,1-3H3. The summed E-state index contributed by atoms with van der Waals surface area (Å²) in [5.74, 6) is 0.743. The minimum atomic E-state index is 0.743. The van der Waals surface area contributed by atoms with Gasteiger partial charge in [0.05, 0.1) is 0 Å². The zero-order valence-electron chi connectivity index (χ0n) is 12.4. The average Bonchev–Trinajstić information content (AvgIpc) is 2.75. The second-order valence-electron chi connectivity index (χ2n) is 5.50. The van der Waals surface area contributed by atoms with Crippen LogP contribution in [0.4, 0.5) is 0 Å². The average molecular weight is 258 g/mol. The first-order valence-corrected chi connectivity index (χ1v) is 7.53. The van der Waals surface area contributed by atoms with E-state index in [2.05, 4.69) is 61.1 Å². The maximum atomic E-state index is 3.44. The molecule has 1 aromatic carbocycles. The van der Waals surface area contributed by atoms with Crippen LogP contribution in [-0.2, 0) is 13.1 Å². The third kappa shape index (κ3) is 3.38. The van der Waals surface area contributed by atoms with Gasteiger partial charge in [-0.1, -0.05) is 45.4 Å². The number of rotatable bonds is 7. The zero-order valence-corrected chi connectivity index (χ0v) is 12.4. The number of nitrogens with one attached hydrogen (secondary N) is 1. The normalized spacial score (nSPS) is 13.0. The van der Waals surface area contributed by atoms with Crippen LogP contribution in [0.1, 0.15) is 39.2 Å². The van der Waals surface area contributed by atoms with Crippen molar-refractivity contribution >= 4 is 10.9 Å². The molecule has 0 aliphatic carbocycles. The minimum absolute atomic E-state index is 0.743. The fourth-order valence-electron chi connectivity index (χ4n) is 2.79. The minimum Gasteiger partial charge on any atom is -0.347 e. The van der Waals surface area contributed by atoms with Gasteiger partial charge in [0.1, 0.15) is 0 Å². The van der Waals surface area contributed by atoms with E-state index in [4.69, 9.17) is 0 Å². The van der Waals surface area contributed by atoms with Crippen molar-refractivity contribution in [1.82, 2.24) is 9.88 Å². The van der Waals surface area contributed by atoms with Gasteiger partial charge < -0.3 is 9.88 Å². The van der Waals surface area contributed by atoms with E-state index < -0.39 is 0 Å². The molecule has 1 N–H and O–H groups in total. The van der Waals surface area contributed by atoms with Crippen LogP contribution in [0.5, 0.6) is 0 Å². The first kappa shape index (κ1) is 14.1. The third-order valence-electron chi connectivity index (χ3n) is 3.73. The van der Waals surface area contributed by atoms with Gasteiger partial charge in [-0.05, 0) is 30.5 Å². The lowest BCUT2D eigenvalue weighted by Crippen LogP contribution is -2.11. The molecule has 0 spiro atoms. The van der Waals surface area contributed by atoms with Gasteiger partial charge in [-0.2, -0.15) is 0 Å². The molecule has 19 heavy (non-hydrogen) atoms. The van der Waals surface area contributed by atoms with E-state index in [0.29, 0.717) is 0 Å². The predicted octanol–water partition coefficient (Wildman–Crippen LogP) is 4.19. The quantitative estimate of drug-likeness (QED) is 0.788. The second-order valence-corrected chi connectivity index (χ2v) is 5.50. The van der Waals surface area contributed by atoms with Gasteiger partial charge in [0.15, 0.2) is 0 Å². The van der Waals surface area contributed by atoms with Crippen molar-refractivity contribution in [3.05, 3.63) is 36.0 Å². The van der Waals surface area contributed by atoms with Crippen LogP contribution in [0.15, 0.2) is 30.5 Å². The molecule has 0 bridgehead atoms. The Bertz CT molecular complexity index is 513. The molecular formula is C17H26N2. The summed E-state index contributed by atoms with van der Waals surface area (Å²) in [7, 11) is 0.